The van der Waals surface area contributed by atoms with E-state index in [0.717, 1.165) is 26.2 Å². The SMILES string of the molecule is CCNC(C1=CCCCCCC1)C1CN(C)CCO1. The number of nitrogens with one attached hydrogen (secondary N) is 1. The van der Waals surface area contributed by atoms with Crippen LogP contribution in [0.1, 0.15) is 45.4 Å². The zero-order valence-electron chi connectivity index (χ0n) is 12.7. The molecule has 1 N–H and O–H groups in total. The third kappa shape index (κ3) is 4.59. The molecule has 0 radical (unpaired) electrons. The minimum absolute atomic E-state index is 0.323. The van der Waals surface area contributed by atoms with Gasteiger partial charge >= 0.3 is 0 Å². The zero-order valence-corrected chi connectivity index (χ0v) is 12.7. The van der Waals surface area contributed by atoms with E-state index in [2.05, 4.69) is 30.3 Å². The van der Waals surface area contributed by atoms with Crippen LogP contribution in [0.5, 0.6) is 0 Å². The summed E-state index contributed by atoms with van der Waals surface area (Å²) < 4.78 is 6.04. The van der Waals surface area contributed by atoms with Crippen LogP contribution in [0.25, 0.3) is 0 Å². The van der Waals surface area contributed by atoms with E-state index in [4.69, 9.17) is 4.74 Å². The van der Waals surface area contributed by atoms with Gasteiger partial charge in [-0.05, 0) is 39.3 Å². The number of likely N-dealkylation sites (N-methyl/N-ethyl adjacent to an activating group) is 2. The maximum Gasteiger partial charge on any atom is 0.0893 e. The Hall–Kier alpha value is -0.380. The fourth-order valence-electron chi connectivity index (χ4n) is 3.23. The lowest BCUT2D eigenvalue weighted by atomic mass is 9.91. The van der Waals surface area contributed by atoms with E-state index in [1.165, 1.54) is 38.5 Å². The Balaban J connectivity index is 2.04. The Morgan fingerprint density at radius 1 is 1.37 bits per heavy atom. The number of ether oxygens (including phenoxy) is 1. The lowest BCUT2D eigenvalue weighted by molar-refractivity contribution is -0.0326. The summed E-state index contributed by atoms with van der Waals surface area (Å²) in [5.41, 5.74) is 1.60. The van der Waals surface area contributed by atoms with Gasteiger partial charge in [-0.15, -0.1) is 0 Å². The molecule has 110 valence electrons. The molecule has 2 rings (SSSR count). The van der Waals surface area contributed by atoms with Crippen molar-refractivity contribution in [1.82, 2.24) is 10.2 Å². The van der Waals surface area contributed by atoms with Crippen molar-refractivity contribution in [3.63, 3.8) is 0 Å². The van der Waals surface area contributed by atoms with Crippen LogP contribution < -0.4 is 5.32 Å². The van der Waals surface area contributed by atoms with Gasteiger partial charge in [0.1, 0.15) is 0 Å². The number of hydrogen-bond donors (Lipinski definition) is 1. The first-order valence-corrected chi connectivity index (χ1v) is 8.03. The second kappa shape index (κ2) is 8.03. The summed E-state index contributed by atoms with van der Waals surface area (Å²) >= 11 is 0. The lowest BCUT2D eigenvalue weighted by Crippen LogP contribution is -2.52. The van der Waals surface area contributed by atoms with Gasteiger partial charge in [-0.2, -0.15) is 0 Å². The van der Waals surface area contributed by atoms with Crippen molar-refractivity contribution in [3.05, 3.63) is 11.6 Å². The number of rotatable bonds is 4. The van der Waals surface area contributed by atoms with Crippen molar-refractivity contribution >= 4 is 0 Å². The second-order valence-corrected chi connectivity index (χ2v) is 5.94. The highest BCUT2D eigenvalue weighted by molar-refractivity contribution is 5.15. The third-order valence-corrected chi connectivity index (χ3v) is 4.32. The van der Waals surface area contributed by atoms with Crippen molar-refractivity contribution in [2.45, 2.75) is 57.6 Å². The molecule has 1 fully saturated rings. The van der Waals surface area contributed by atoms with E-state index in [-0.39, 0.29) is 0 Å². The molecule has 2 aliphatic rings. The molecule has 1 heterocycles. The number of hydrogen-bond acceptors (Lipinski definition) is 3. The predicted molar refractivity (Wildman–Crippen MR) is 80.5 cm³/mol. The molecule has 1 aliphatic heterocycles. The van der Waals surface area contributed by atoms with Crippen LogP contribution in [0.2, 0.25) is 0 Å². The van der Waals surface area contributed by atoms with Gasteiger partial charge in [0, 0.05) is 13.1 Å². The number of nitrogens with zero attached hydrogens (tertiary/aromatic N) is 1. The average molecular weight is 266 g/mol. The normalized spacial score (nSPS) is 28.3. The third-order valence-electron chi connectivity index (χ3n) is 4.32. The molecule has 2 atom stereocenters. The van der Waals surface area contributed by atoms with Crippen LogP contribution in [0.15, 0.2) is 11.6 Å². The summed E-state index contributed by atoms with van der Waals surface area (Å²) in [5, 5.41) is 3.67. The molecule has 1 saturated heterocycles. The predicted octanol–water partition coefficient (Wildman–Crippen LogP) is 2.58. The summed E-state index contributed by atoms with van der Waals surface area (Å²) in [7, 11) is 2.20. The highest BCUT2D eigenvalue weighted by Gasteiger charge is 2.28. The van der Waals surface area contributed by atoms with Gasteiger partial charge in [-0.25, -0.2) is 0 Å². The van der Waals surface area contributed by atoms with Crippen LogP contribution in [-0.2, 0) is 4.74 Å². The Morgan fingerprint density at radius 2 is 2.21 bits per heavy atom. The Kier molecular flexibility index (Phi) is 6.35. The van der Waals surface area contributed by atoms with Crippen molar-refractivity contribution in [1.29, 1.82) is 0 Å². The Morgan fingerprint density at radius 3 is 3.00 bits per heavy atom. The first kappa shape index (κ1) is 15.0. The van der Waals surface area contributed by atoms with Crippen LogP contribution >= 0.6 is 0 Å². The van der Waals surface area contributed by atoms with Crippen molar-refractivity contribution in [2.24, 2.45) is 0 Å². The summed E-state index contributed by atoms with van der Waals surface area (Å²) in [6, 6.07) is 0.422. The van der Waals surface area contributed by atoms with E-state index in [0.29, 0.717) is 12.1 Å². The van der Waals surface area contributed by atoms with Crippen LogP contribution in [0.4, 0.5) is 0 Å². The molecular weight excluding hydrogens is 236 g/mol. The average Bonchev–Trinajstić information content (AvgIpc) is 2.36. The van der Waals surface area contributed by atoms with Crippen molar-refractivity contribution < 1.29 is 4.74 Å². The van der Waals surface area contributed by atoms with Gasteiger partial charge in [0.15, 0.2) is 0 Å². The maximum absolute atomic E-state index is 6.04. The number of allylic oxidation sites excluding steroid dienone is 1. The van der Waals surface area contributed by atoms with E-state index in [1.54, 1.807) is 5.57 Å². The summed E-state index contributed by atoms with van der Waals surface area (Å²) in [4.78, 5) is 2.39. The van der Waals surface area contributed by atoms with E-state index < -0.39 is 0 Å². The topological polar surface area (TPSA) is 24.5 Å². The Bertz CT molecular complexity index is 290. The molecule has 0 aromatic carbocycles. The summed E-state index contributed by atoms with van der Waals surface area (Å²) in [6.45, 7) is 6.20. The van der Waals surface area contributed by atoms with Gasteiger partial charge in [-0.3, -0.25) is 0 Å². The zero-order chi connectivity index (χ0) is 13.5. The van der Waals surface area contributed by atoms with E-state index >= 15 is 0 Å². The van der Waals surface area contributed by atoms with Gasteiger partial charge < -0.3 is 15.0 Å². The standard InChI is InChI=1S/C16H30N2O/c1-3-17-16(15-13-18(2)11-12-19-15)14-9-7-5-4-6-8-10-14/h9,15-17H,3-8,10-13H2,1-2H3. The maximum atomic E-state index is 6.04. The molecule has 0 saturated carbocycles. The first-order valence-electron chi connectivity index (χ1n) is 8.03. The molecule has 0 aromatic heterocycles. The smallest absolute Gasteiger partial charge is 0.0893 e. The van der Waals surface area contributed by atoms with E-state index in [1.807, 2.05) is 0 Å². The highest BCUT2D eigenvalue weighted by Crippen LogP contribution is 2.23. The quantitative estimate of drug-likeness (QED) is 0.792. The molecule has 0 amide bonds. The highest BCUT2D eigenvalue weighted by atomic mass is 16.5. The molecule has 0 spiro atoms. The van der Waals surface area contributed by atoms with Gasteiger partial charge in [0.05, 0.1) is 18.8 Å². The minimum atomic E-state index is 0.323. The summed E-state index contributed by atoms with van der Waals surface area (Å²) in [5.74, 6) is 0. The van der Waals surface area contributed by atoms with Crippen LogP contribution in [0.3, 0.4) is 0 Å². The van der Waals surface area contributed by atoms with Crippen molar-refractivity contribution in [2.75, 3.05) is 33.3 Å². The van der Waals surface area contributed by atoms with E-state index in [9.17, 15) is 0 Å². The fraction of sp³-hybridized carbons (Fsp3) is 0.875. The molecule has 3 nitrogen and oxygen atoms in total. The largest absolute Gasteiger partial charge is 0.374 e. The van der Waals surface area contributed by atoms with Gasteiger partial charge in [-0.1, -0.05) is 31.4 Å². The Labute approximate surface area is 118 Å². The lowest BCUT2D eigenvalue weighted by Gasteiger charge is -2.37. The summed E-state index contributed by atoms with van der Waals surface area (Å²) in [6.07, 6.45) is 10.8. The molecular formula is C16H30N2O. The molecule has 19 heavy (non-hydrogen) atoms. The molecule has 0 bridgehead atoms. The molecule has 3 heteroatoms. The molecule has 0 aromatic rings. The molecule has 1 aliphatic carbocycles. The van der Waals surface area contributed by atoms with Crippen molar-refractivity contribution in [3.8, 4) is 0 Å². The minimum Gasteiger partial charge on any atom is -0.374 e. The molecule has 2 unspecified atom stereocenters. The first-order chi connectivity index (χ1) is 9.31. The van der Waals surface area contributed by atoms with Gasteiger partial charge in [0.25, 0.3) is 0 Å². The fourth-order valence-corrected chi connectivity index (χ4v) is 3.23. The van der Waals surface area contributed by atoms with Crippen LogP contribution in [0, 0.1) is 0 Å². The van der Waals surface area contributed by atoms with Crippen LogP contribution in [-0.4, -0.2) is 50.3 Å². The van der Waals surface area contributed by atoms with Gasteiger partial charge in [0.2, 0.25) is 0 Å². The number of morpholine rings is 1. The second-order valence-electron chi connectivity index (χ2n) is 5.94. The monoisotopic (exact) mass is 266 g/mol.